The van der Waals surface area contributed by atoms with E-state index >= 15 is 0 Å². The number of amides is 1. The van der Waals surface area contributed by atoms with E-state index in [-0.39, 0.29) is 37.3 Å². The van der Waals surface area contributed by atoms with Crippen molar-refractivity contribution in [2.24, 2.45) is 0 Å². The lowest BCUT2D eigenvalue weighted by Crippen LogP contribution is -2.44. The summed E-state index contributed by atoms with van der Waals surface area (Å²) >= 11 is 1.25. The highest BCUT2D eigenvalue weighted by Gasteiger charge is 2.39. The van der Waals surface area contributed by atoms with Crippen LogP contribution in [-0.4, -0.2) is 69.5 Å². The van der Waals surface area contributed by atoms with Crippen LogP contribution in [0.15, 0.2) is 11.4 Å². The van der Waals surface area contributed by atoms with Gasteiger partial charge in [0, 0.05) is 43.4 Å². The number of morpholine rings is 1. The summed E-state index contributed by atoms with van der Waals surface area (Å²) in [5, 5.41) is 21.9. The first-order valence-corrected chi connectivity index (χ1v) is 11.4. The molecule has 4 rings (SSSR count). The van der Waals surface area contributed by atoms with Crippen molar-refractivity contribution in [3.05, 3.63) is 17.1 Å². The van der Waals surface area contributed by atoms with Crippen molar-refractivity contribution in [1.82, 2.24) is 15.0 Å². The summed E-state index contributed by atoms with van der Waals surface area (Å²) in [5.74, 6) is -1.88. The van der Waals surface area contributed by atoms with Crippen molar-refractivity contribution in [2.45, 2.75) is 50.7 Å². The molecule has 1 aliphatic carbocycles. The fourth-order valence-corrected chi connectivity index (χ4v) is 4.74. The molecule has 174 valence electrons. The lowest BCUT2D eigenvalue weighted by atomic mass is 9.91. The number of anilines is 2. The van der Waals surface area contributed by atoms with Crippen LogP contribution in [-0.2, 0) is 4.74 Å². The van der Waals surface area contributed by atoms with Gasteiger partial charge in [0.15, 0.2) is 10.8 Å². The van der Waals surface area contributed by atoms with E-state index in [4.69, 9.17) is 4.74 Å². The molecule has 1 atom stereocenters. The van der Waals surface area contributed by atoms with Crippen molar-refractivity contribution < 1.29 is 28.5 Å². The third-order valence-corrected chi connectivity index (χ3v) is 6.54. The number of thiazole rings is 1. The lowest BCUT2D eigenvalue weighted by Gasteiger charge is -2.35. The topological polar surface area (TPSA) is 112 Å². The highest BCUT2D eigenvalue weighted by Crippen LogP contribution is 2.37. The first-order valence-electron chi connectivity index (χ1n) is 10.5. The molecule has 2 aliphatic rings. The monoisotopic (exact) mass is 469 g/mol. The molecule has 32 heavy (non-hydrogen) atoms. The predicted octanol–water partition coefficient (Wildman–Crippen LogP) is 3.55. The number of hydrogen-bond acceptors (Lipinski definition) is 8. The second kappa shape index (κ2) is 9.20. The van der Waals surface area contributed by atoms with Crippen LogP contribution in [0, 0.1) is 0 Å². The zero-order valence-electron chi connectivity index (χ0n) is 17.6. The van der Waals surface area contributed by atoms with Gasteiger partial charge in [-0.25, -0.2) is 28.5 Å². The van der Waals surface area contributed by atoms with Gasteiger partial charge in [-0.05, 0) is 19.8 Å². The van der Waals surface area contributed by atoms with E-state index in [1.54, 1.807) is 18.4 Å². The van der Waals surface area contributed by atoms with E-state index in [1.165, 1.54) is 11.3 Å². The standard InChI is InChI=1S/C20H25F2N5O4S/c1-12(28)14-11-32-18(23-14)17-24-15(26-6-8-31-9-7-26)10-16(25-17)27(19(29)30)13-2-4-20(21,22)5-3-13/h10-13,28H,2-9H2,1H3,(H,29,30). The molecule has 1 aliphatic heterocycles. The van der Waals surface area contributed by atoms with E-state index in [9.17, 15) is 23.8 Å². The highest BCUT2D eigenvalue weighted by molar-refractivity contribution is 7.13. The number of hydrogen-bond donors (Lipinski definition) is 2. The summed E-state index contributed by atoms with van der Waals surface area (Å²) in [6.45, 7) is 3.78. The van der Waals surface area contributed by atoms with Crippen LogP contribution in [0.2, 0.25) is 0 Å². The third-order valence-electron chi connectivity index (χ3n) is 5.68. The number of rotatable bonds is 5. The van der Waals surface area contributed by atoms with E-state index in [2.05, 4.69) is 15.0 Å². The van der Waals surface area contributed by atoms with Gasteiger partial charge in [-0.1, -0.05) is 0 Å². The second-order valence-corrected chi connectivity index (χ2v) is 8.86. The van der Waals surface area contributed by atoms with Crippen molar-refractivity contribution >= 4 is 29.1 Å². The molecule has 9 nitrogen and oxygen atoms in total. The number of alkyl halides is 2. The van der Waals surface area contributed by atoms with Gasteiger partial charge in [0.25, 0.3) is 0 Å². The molecular weight excluding hydrogens is 444 g/mol. The van der Waals surface area contributed by atoms with Crippen LogP contribution < -0.4 is 9.80 Å². The molecule has 2 aromatic heterocycles. The number of carboxylic acid groups (broad SMARTS) is 1. The number of nitrogens with zero attached hydrogens (tertiary/aromatic N) is 5. The van der Waals surface area contributed by atoms with Gasteiger partial charge in [0.05, 0.1) is 25.0 Å². The Bertz CT molecular complexity index is 957. The van der Waals surface area contributed by atoms with Gasteiger partial charge in [0.2, 0.25) is 5.92 Å². The highest BCUT2D eigenvalue weighted by atomic mass is 32.1. The predicted molar refractivity (Wildman–Crippen MR) is 115 cm³/mol. The van der Waals surface area contributed by atoms with E-state index in [0.29, 0.717) is 42.8 Å². The molecule has 1 amide bonds. The summed E-state index contributed by atoms with van der Waals surface area (Å²) in [6, 6.07) is 0.982. The Morgan fingerprint density at radius 1 is 1.28 bits per heavy atom. The minimum absolute atomic E-state index is 0.0505. The fraction of sp³-hybridized carbons (Fsp3) is 0.600. The smallest absolute Gasteiger partial charge is 0.413 e. The fourth-order valence-electron chi connectivity index (χ4n) is 3.90. The largest absolute Gasteiger partial charge is 0.465 e. The summed E-state index contributed by atoms with van der Waals surface area (Å²) in [6.07, 6.45) is -2.63. The van der Waals surface area contributed by atoms with E-state index in [1.807, 2.05) is 4.90 Å². The SMILES string of the molecule is CC(O)c1csc(-c2nc(N3CCOCC3)cc(N(C(=O)O)C3CCC(F)(F)CC3)n2)n1. The molecule has 2 fully saturated rings. The molecule has 0 aromatic carbocycles. The van der Waals surface area contributed by atoms with E-state index in [0.717, 1.165) is 4.90 Å². The van der Waals surface area contributed by atoms with Gasteiger partial charge < -0.3 is 19.8 Å². The number of halogens is 2. The number of aromatic nitrogens is 3. The van der Waals surface area contributed by atoms with E-state index < -0.39 is 24.2 Å². The van der Waals surface area contributed by atoms with Crippen LogP contribution in [0.5, 0.6) is 0 Å². The molecule has 2 N–H and O–H groups in total. The maximum absolute atomic E-state index is 13.7. The normalized spacial score (nSPS) is 20.2. The summed E-state index contributed by atoms with van der Waals surface area (Å²) in [4.78, 5) is 28.7. The quantitative estimate of drug-likeness (QED) is 0.684. The van der Waals surface area contributed by atoms with Gasteiger partial charge in [-0.3, -0.25) is 4.90 Å². The van der Waals surface area contributed by atoms with Crippen LogP contribution in [0.3, 0.4) is 0 Å². The zero-order chi connectivity index (χ0) is 22.9. The molecule has 1 saturated heterocycles. The molecule has 3 heterocycles. The molecule has 1 unspecified atom stereocenters. The molecule has 0 spiro atoms. The van der Waals surface area contributed by atoms with Gasteiger partial charge in [-0.2, -0.15) is 0 Å². The van der Waals surface area contributed by atoms with Gasteiger partial charge in [-0.15, -0.1) is 11.3 Å². The van der Waals surface area contributed by atoms with Crippen molar-refractivity contribution in [1.29, 1.82) is 0 Å². The first kappa shape index (κ1) is 22.7. The molecular formula is C20H25F2N5O4S. The Kier molecular flexibility index (Phi) is 6.54. The van der Waals surface area contributed by atoms with Crippen molar-refractivity contribution in [3.63, 3.8) is 0 Å². The molecule has 0 radical (unpaired) electrons. The number of aliphatic hydroxyl groups excluding tert-OH is 1. The summed E-state index contributed by atoms with van der Waals surface area (Å²) in [7, 11) is 0. The molecule has 2 aromatic rings. The third kappa shape index (κ3) is 4.97. The van der Waals surface area contributed by atoms with Crippen molar-refractivity contribution in [3.8, 4) is 10.8 Å². The minimum atomic E-state index is -2.77. The number of ether oxygens (including phenoxy) is 1. The molecule has 0 bridgehead atoms. The number of carbonyl (C=O) groups is 1. The van der Waals surface area contributed by atoms with Crippen molar-refractivity contribution in [2.75, 3.05) is 36.1 Å². The average molecular weight is 470 g/mol. The van der Waals surface area contributed by atoms with Gasteiger partial charge >= 0.3 is 6.09 Å². The lowest BCUT2D eigenvalue weighted by molar-refractivity contribution is -0.0379. The van der Waals surface area contributed by atoms with Crippen LogP contribution in [0.25, 0.3) is 10.8 Å². The van der Waals surface area contributed by atoms with Crippen LogP contribution >= 0.6 is 11.3 Å². The van der Waals surface area contributed by atoms with Crippen LogP contribution in [0.4, 0.5) is 25.2 Å². The zero-order valence-corrected chi connectivity index (χ0v) is 18.4. The summed E-state index contributed by atoms with van der Waals surface area (Å²) < 4.78 is 32.7. The van der Waals surface area contributed by atoms with Gasteiger partial charge in [0.1, 0.15) is 11.6 Å². The Morgan fingerprint density at radius 2 is 1.97 bits per heavy atom. The Balaban J connectivity index is 1.73. The molecule has 1 saturated carbocycles. The number of aliphatic hydroxyl groups is 1. The Morgan fingerprint density at radius 3 is 2.56 bits per heavy atom. The average Bonchev–Trinajstić information content (AvgIpc) is 3.26. The minimum Gasteiger partial charge on any atom is -0.465 e. The molecule has 12 heteroatoms. The Hall–Kier alpha value is -2.44. The summed E-state index contributed by atoms with van der Waals surface area (Å²) in [5.41, 5.74) is 0.469. The maximum Gasteiger partial charge on any atom is 0.413 e. The first-order chi connectivity index (χ1) is 15.2. The Labute approximate surface area is 187 Å². The second-order valence-electron chi connectivity index (χ2n) is 8.00. The maximum atomic E-state index is 13.7. The van der Waals surface area contributed by atoms with Crippen LogP contribution in [0.1, 0.15) is 44.4 Å².